The number of nitrogens with two attached hydrogens (primary N) is 1. The highest BCUT2D eigenvalue weighted by Crippen LogP contribution is 2.25. The van der Waals surface area contributed by atoms with Crippen molar-refractivity contribution in [1.29, 1.82) is 0 Å². The molecule has 0 fully saturated rings. The standard InChI is InChI=1S/C17H13FN4O/c1-2-3-10-23-16-15-14(21-17(19)22-16)9-8-13(20-15)11-4-6-12(18)7-5-11/h4-9H,10H2,1H3,(H2,19,21,22). The molecule has 0 aliphatic heterocycles. The van der Waals surface area contributed by atoms with Gasteiger partial charge in [0, 0.05) is 5.56 Å². The normalized spacial score (nSPS) is 10.2. The molecule has 0 bridgehead atoms. The zero-order chi connectivity index (χ0) is 16.2. The third kappa shape index (κ3) is 3.19. The van der Waals surface area contributed by atoms with E-state index in [1.807, 2.05) is 0 Å². The first kappa shape index (κ1) is 14.7. The number of nitrogen functional groups attached to an aromatic ring is 1. The van der Waals surface area contributed by atoms with Crippen molar-refractivity contribution in [2.45, 2.75) is 6.92 Å². The fourth-order valence-electron chi connectivity index (χ4n) is 2.06. The van der Waals surface area contributed by atoms with Crippen LogP contribution in [0.15, 0.2) is 36.4 Å². The first-order valence-electron chi connectivity index (χ1n) is 6.90. The molecule has 0 spiro atoms. The number of fused-ring (bicyclic) bond motifs is 1. The fourth-order valence-corrected chi connectivity index (χ4v) is 2.06. The molecule has 6 heteroatoms. The summed E-state index contributed by atoms with van der Waals surface area (Å²) in [6, 6.07) is 9.65. The second-order valence-corrected chi connectivity index (χ2v) is 4.67. The molecule has 3 rings (SSSR count). The van der Waals surface area contributed by atoms with E-state index in [-0.39, 0.29) is 24.3 Å². The Hall–Kier alpha value is -3.20. The van der Waals surface area contributed by atoms with Crippen LogP contribution in [0, 0.1) is 17.7 Å². The first-order chi connectivity index (χ1) is 11.2. The van der Waals surface area contributed by atoms with Gasteiger partial charge in [-0.15, -0.1) is 5.92 Å². The molecule has 2 aromatic heterocycles. The lowest BCUT2D eigenvalue weighted by Crippen LogP contribution is -2.03. The fraction of sp³-hybridized carbons (Fsp3) is 0.118. The number of ether oxygens (including phenoxy) is 1. The van der Waals surface area contributed by atoms with Crippen molar-refractivity contribution in [1.82, 2.24) is 15.0 Å². The summed E-state index contributed by atoms with van der Waals surface area (Å²) in [7, 11) is 0. The largest absolute Gasteiger partial charge is 0.463 e. The van der Waals surface area contributed by atoms with Crippen LogP contribution in [0.2, 0.25) is 0 Å². The van der Waals surface area contributed by atoms with Crippen molar-refractivity contribution < 1.29 is 9.13 Å². The van der Waals surface area contributed by atoms with Gasteiger partial charge in [0.1, 0.15) is 5.82 Å². The van der Waals surface area contributed by atoms with Gasteiger partial charge in [0.25, 0.3) is 0 Å². The minimum Gasteiger partial charge on any atom is -0.463 e. The molecule has 0 saturated heterocycles. The van der Waals surface area contributed by atoms with E-state index in [0.29, 0.717) is 16.7 Å². The molecule has 3 aromatic rings. The topological polar surface area (TPSA) is 73.9 Å². The third-order valence-electron chi connectivity index (χ3n) is 3.13. The molecule has 2 heterocycles. The Morgan fingerprint density at radius 3 is 2.61 bits per heavy atom. The quantitative estimate of drug-likeness (QED) is 0.753. The molecule has 0 saturated carbocycles. The lowest BCUT2D eigenvalue weighted by Gasteiger charge is -2.08. The maximum absolute atomic E-state index is 13.0. The molecule has 0 unspecified atom stereocenters. The van der Waals surface area contributed by atoms with Crippen LogP contribution in [0.5, 0.6) is 5.88 Å². The number of anilines is 1. The van der Waals surface area contributed by atoms with Gasteiger partial charge < -0.3 is 10.5 Å². The number of aromatic nitrogens is 3. The number of benzene rings is 1. The number of rotatable bonds is 3. The van der Waals surface area contributed by atoms with Gasteiger partial charge in [-0.3, -0.25) is 0 Å². The van der Waals surface area contributed by atoms with E-state index in [2.05, 4.69) is 26.8 Å². The summed E-state index contributed by atoms with van der Waals surface area (Å²) in [5.41, 5.74) is 8.19. The zero-order valence-electron chi connectivity index (χ0n) is 12.4. The molecule has 1 aromatic carbocycles. The van der Waals surface area contributed by atoms with E-state index in [4.69, 9.17) is 10.5 Å². The molecular formula is C17H13FN4O. The number of halogens is 1. The van der Waals surface area contributed by atoms with Crippen molar-refractivity contribution in [3.63, 3.8) is 0 Å². The number of pyridine rings is 1. The summed E-state index contributed by atoms with van der Waals surface area (Å²) < 4.78 is 18.6. The highest BCUT2D eigenvalue weighted by molar-refractivity contribution is 5.83. The minimum absolute atomic E-state index is 0.105. The van der Waals surface area contributed by atoms with Crippen molar-refractivity contribution in [3.05, 3.63) is 42.2 Å². The monoisotopic (exact) mass is 308 g/mol. The molecule has 0 amide bonds. The summed E-state index contributed by atoms with van der Waals surface area (Å²) in [6.45, 7) is 1.91. The van der Waals surface area contributed by atoms with Gasteiger partial charge >= 0.3 is 0 Å². The maximum Gasteiger partial charge on any atom is 0.246 e. The Kier molecular flexibility index (Phi) is 4.02. The summed E-state index contributed by atoms with van der Waals surface area (Å²) in [5, 5.41) is 0. The molecule has 114 valence electrons. The predicted octanol–water partition coefficient (Wildman–Crippen LogP) is 2.82. The molecule has 0 aliphatic rings. The van der Waals surface area contributed by atoms with Crippen molar-refractivity contribution in [3.8, 4) is 29.0 Å². The number of hydrogen-bond acceptors (Lipinski definition) is 5. The lowest BCUT2D eigenvalue weighted by molar-refractivity contribution is 0.359. The van der Waals surface area contributed by atoms with Crippen LogP contribution in [-0.2, 0) is 0 Å². The van der Waals surface area contributed by atoms with Gasteiger partial charge in [0.2, 0.25) is 11.8 Å². The Morgan fingerprint density at radius 2 is 1.87 bits per heavy atom. The molecule has 0 radical (unpaired) electrons. The zero-order valence-corrected chi connectivity index (χ0v) is 12.4. The van der Waals surface area contributed by atoms with Crippen LogP contribution in [0.4, 0.5) is 10.3 Å². The van der Waals surface area contributed by atoms with Crippen molar-refractivity contribution >= 4 is 17.0 Å². The van der Waals surface area contributed by atoms with Gasteiger partial charge in [-0.2, -0.15) is 4.98 Å². The molecule has 0 atom stereocenters. The summed E-state index contributed by atoms with van der Waals surface area (Å²) in [5.74, 6) is 5.61. The molecule has 5 nitrogen and oxygen atoms in total. The van der Waals surface area contributed by atoms with Crippen LogP contribution < -0.4 is 10.5 Å². The maximum atomic E-state index is 13.0. The van der Waals surface area contributed by atoms with E-state index in [0.717, 1.165) is 5.56 Å². The third-order valence-corrected chi connectivity index (χ3v) is 3.13. The van der Waals surface area contributed by atoms with Gasteiger partial charge in [-0.05, 0) is 43.3 Å². The smallest absolute Gasteiger partial charge is 0.246 e. The lowest BCUT2D eigenvalue weighted by atomic mass is 10.1. The van der Waals surface area contributed by atoms with Crippen LogP contribution in [0.3, 0.4) is 0 Å². The number of hydrogen-bond donors (Lipinski definition) is 1. The molecule has 0 aliphatic carbocycles. The van der Waals surface area contributed by atoms with Gasteiger partial charge in [-0.25, -0.2) is 14.4 Å². The first-order valence-corrected chi connectivity index (χ1v) is 6.90. The summed E-state index contributed by atoms with van der Waals surface area (Å²) in [4.78, 5) is 12.7. The van der Waals surface area contributed by atoms with Crippen LogP contribution in [0.25, 0.3) is 22.3 Å². The molecule has 2 N–H and O–H groups in total. The van der Waals surface area contributed by atoms with E-state index in [1.165, 1.54) is 12.1 Å². The van der Waals surface area contributed by atoms with E-state index in [9.17, 15) is 4.39 Å². The van der Waals surface area contributed by atoms with E-state index < -0.39 is 0 Å². The van der Waals surface area contributed by atoms with Gasteiger partial charge in [0.05, 0.1) is 11.2 Å². The Balaban J connectivity index is 2.09. The summed E-state index contributed by atoms with van der Waals surface area (Å²) >= 11 is 0. The van der Waals surface area contributed by atoms with Gasteiger partial charge in [-0.1, -0.05) is 5.92 Å². The van der Waals surface area contributed by atoms with Crippen LogP contribution in [0.1, 0.15) is 6.92 Å². The average Bonchev–Trinajstić information content (AvgIpc) is 2.55. The van der Waals surface area contributed by atoms with Crippen molar-refractivity contribution in [2.24, 2.45) is 0 Å². The van der Waals surface area contributed by atoms with Crippen LogP contribution >= 0.6 is 0 Å². The Morgan fingerprint density at radius 1 is 1.09 bits per heavy atom. The minimum atomic E-state index is -0.298. The predicted molar refractivity (Wildman–Crippen MR) is 86.1 cm³/mol. The second-order valence-electron chi connectivity index (χ2n) is 4.67. The van der Waals surface area contributed by atoms with E-state index >= 15 is 0 Å². The molecular weight excluding hydrogens is 295 g/mol. The highest BCUT2D eigenvalue weighted by Gasteiger charge is 2.11. The van der Waals surface area contributed by atoms with Gasteiger partial charge in [0.15, 0.2) is 12.1 Å². The Labute approximate surface area is 132 Å². The SMILES string of the molecule is CC#CCOc1nc(N)nc2ccc(-c3ccc(F)cc3)nc12. The Bertz CT molecular complexity index is 914. The summed E-state index contributed by atoms with van der Waals surface area (Å²) in [6.07, 6.45) is 0. The van der Waals surface area contributed by atoms with E-state index in [1.54, 1.807) is 31.2 Å². The highest BCUT2D eigenvalue weighted by atomic mass is 19.1. The average molecular weight is 308 g/mol. The molecule has 23 heavy (non-hydrogen) atoms. The van der Waals surface area contributed by atoms with Crippen molar-refractivity contribution in [2.75, 3.05) is 12.3 Å². The van der Waals surface area contributed by atoms with Crippen LogP contribution in [-0.4, -0.2) is 21.6 Å². The second kappa shape index (κ2) is 6.28. The number of nitrogens with zero attached hydrogens (tertiary/aromatic N) is 3.